The van der Waals surface area contributed by atoms with Crippen LogP contribution in [0.1, 0.15) is 31.0 Å². The Morgan fingerprint density at radius 1 is 1.22 bits per heavy atom. The fraction of sp³-hybridized carbons (Fsp3) is 0.250. The molecule has 0 aliphatic rings. The molecule has 0 spiro atoms. The topological polar surface area (TPSA) is 90.3 Å². The molecule has 7 nitrogen and oxygen atoms in total. The number of rotatable bonds is 6. The number of nitrogens with two attached hydrogens (primary N) is 1. The number of nitrogens with zero attached hydrogens (tertiary/aromatic N) is 4. The first-order valence-corrected chi connectivity index (χ1v) is 8.77. The number of guanidine groups is 1. The van der Waals surface area contributed by atoms with Gasteiger partial charge in [0.05, 0.1) is 25.5 Å². The minimum atomic E-state index is 0.343. The number of anilines is 1. The van der Waals surface area contributed by atoms with Crippen molar-refractivity contribution in [2.45, 2.75) is 26.3 Å². The fourth-order valence-electron chi connectivity index (χ4n) is 2.56. The van der Waals surface area contributed by atoms with Crippen molar-refractivity contribution >= 4 is 11.6 Å². The van der Waals surface area contributed by atoms with Crippen molar-refractivity contribution in [1.82, 2.24) is 15.0 Å². The molecule has 0 aliphatic heterocycles. The summed E-state index contributed by atoms with van der Waals surface area (Å²) < 4.78 is 6.85. The van der Waals surface area contributed by atoms with Crippen LogP contribution in [0.2, 0.25) is 0 Å². The van der Waals surface area contributed by atoms with E-state index in [9.17, 15) is 0 Å². The summed E-state index contributed by atoms with van der Waals surface area (Å²) in [7, 11) is 1.64. The maximum Gasteiger partial charge on any atom is 0.193 e. The molecule has 0 fully saturated rings. The van der Waals surface area contributed by atoms with Gasteiger partial charge in [-0.05, 0) is 47.9 Å². The van der Waals surface area contributed by atoms with E-state index in [0.717, 1.165) is 22.8 Å². The highest BCUT2D eigenvalue weighted by molar-refractivity contribution is 5.92. The summed E-state index contributed by atoms with van der Waals surface area (Å²) in [6.07, 6.45) is 1.83. The Kier molecular flexibility index (Phi) is 5.71. The van der Waals surface area contributed by atoms with Crippen LogP contribution in [0.25, 0.3) is 5.69 Å². The van der Waals surface area contributed by atoms with Gasteiger partial charge in [0, 0.05) is 5.69 Å². The lowest BCUT2D eigenvalue weighted by Gasteiger charge is -2.09. The van der Waals surface area contributed by atoms with E-state index in [4.69, 9.17) is 10.5 Å². The fourth-order valence-corrected chi connectivity index (χ4v) is 2.56. The second-order valence-electron chi connectivity index (χ2n) is 6.46. The van der Waals surface area contributed by atoms with Crippen LogP contribution < -0.4 is 15.8 Å². The lowest BCUT2D eigenvalue weighted by molar-refractivity contribution is 0.414. The molecule has 0 amide bonds. The zero-order valence-corrected chi connectivity index (χ0v) is 15.8. The minimum Gasteiger partial charge on any atom is -0.497 e. The zero-order chi connectivity index (χ0) is 19.2. The van der Waals surface area contributed by atoms with E-state index in [1.54, 1.807) is 11.8 Å². The highest BCUT2D eigenvalue weighted by Gasteiger charge is 2.04. The number of nitrogens with one attached hydrogen (secondary N) is 1. The molecule has 0 atom stereocenters. The van der Waals surface area contributed by atoms with Gasteiger partial charge in [-0.1, -0.05) is 31.2 Å². The SMILES string of the molecule is COc1ccc(-n2cc(CN=C(N)Nc3cccc(C(C)C)c3)nn2)cc1. The van der Waals surface area contributed by atoms with Crippen LogP contribution in [0.3, 0.4) is 0 Å². The van der Waals surface area contributed by atoms with E-state index in [2.05, 4.69) is 46.6 Å². The molecule has 3 aromatic rings. The van der Waals surface area contributed by atoms with Crippen LogP contribution in [0.15, 0.2) is 59.7 Å². The molecule has 0 saturated heterocycles. The monoisotopic (exact) mass is 364 g/mol. The Balaban J connectivity index is 1.63. The minimum absolute atomic E-state index is 0.343. The van der Waals surface area contributed by atoms with Crippen LogP contribution in [0, 0.1) is 0 Å². The predicted molar refractivity (Wildman–Crippen MR) is 107 cm³/mol. The Labute approximate surface area is 158 Å². The summed E-state index contributed by atoms with van der Waals surface area (Å²) >= 11 is 0. The summed E-state index contributed by atoms with van der Waals surface area (Å²) in [6, 6.07) is 15.7. The van der Waals surface area contributed by atoms with Crippen molar-refractivity contribution in [3.05, 3.63) is 66.0 Å². The number of methoxy groups -OCH3 is 1. The highest BCUT2D eigenvalue weighted by atomic mass is 16.5. The summed E-state index contributed by atoms with van der Waals surface area (Å²) in [5, 5.41) is 11.4. The summed E-state index contributed by atoms with van der Waals surface area (Å²) in [5.41, 5.74) is 9.79. The molecule has 0 saturated carbocycles. The molecule has 1 aromatic heterocycles. The van der Waals surface area contributed by atoms with Gasteiger partial charge in [0.15, 0.2) is 5.96 Å². The van der Waals surface area contributed by atoms with E-state index in [1.165, 1.54) is 5.56 Å². The summed E-state index contributed by atoms with van der Waals surface area (Å²) in [6.45, 7) is 4.66. The number of hydrogen-bond donors (Lipinski definition) is 2. The molecule has 2 aromatic carbocycles. The van der Waals surface area contributed by atoms with Crippen molar-refractivity contribution in [3.63, 3.8) is 0 Å². The maximum absolute atomic E-state index is 6.00. The summed E-state index contributed by atoms with van der Waals surface area (Å²) in [5.74, 6) is 1.59. The number of ether oxygens (including phenoxy) is 1. The van der Waals surface area contributed by atoms with Gasteiger partial charge < -0.3 is 15.8 Å². The van der Waals surface area contributed by atoms with Crippen LogP contribution in [0.4, 0.5) is 5.69 Å². The molecule has 0 bridgehead atoms. The van der Waals surface area contributed by atoms with Crippen molar-refractivity contribution in [3.8, 4) is 11.4 Å². The van der Waals surface area contributed by atoms with Gasteiger partial charge in [-0.25, -0.2) is 9.67 Å². The maximum atomic E-state index is 6.00. The molecule has 1 heterocycles. The number of aliphatic imine (C=N–C) groups is 1. The standard InChI is InChI=1S/C20H24N6O/c1-14(2)15-5-4-6-16(11-15)23-20(21)22-12-17-13-26(25-24-17)18-7-9-19(27-3)10-8-18/h4-11,13-14H,12H2,1-3H3,(H3,21,22,23). The molecule has 3 N–H and O–H groups in total. The molecule has 0 radical (unpaired) electrons. The quantitative estimate of drug-likeness (QED) is 0.517. The third-order valence-electron chi connectivity index (χ3n) is 4.11. The summed E-state index contributed by atoms with van der Waals surface area (Å²) in [4.78, 5) is 4.35. The van der Waals surface area contributed by atoms with E-state index in [-0.39, 0.29) is 0 Å². The molecule has 7 heteroatoms. The van der Waals surface area contributed by atoms with E-state index < -0.39 is 0 Å². The largest absolute Gasteiger partial charge is 0.497 e. The number of benzene rings is 2. The average Bonchev–Trinajstić information content (AvgIpc) is 3.16. The smallest absolute Gasteiger partial charge is 0.193 e. The van der Waals surface area contributed by atoms with Gasteiger partial charge in [0.2, 0.25) is 0 Å². The highest BCUT2D eigenvalue weighted by Crippen LogP contribution is 2.18. The van der Waals surface area contributed by atoms with Crippen molar-refractivity contribution in [2.24, 2.45) is 10.7 Å². The van der Waals surface area contributed by atoms with E-state index in [1.807, 2.05) is 42.6 Å². The first-order chi connectivity index (χ1) is 13.0. The van der Waals surface area contributed by atoms with Crippen LogP contribution in [0.5, 0.6) is 5.75 Å². The first-order valence-electron chi connectivity index (χ1n) is 8.77. The molecular formula is C20H24N6O. The van der Waals surface area contributed by atoms with Crippen LogP contribution >= 0.6 is 0 Å². The van der Waals surface area contributed by atoms with E-state index >= 15 is 0 Å². The molecular weight excluding hydrogens is 340 g/mol. The Bertz CT molecular complexity index is 914. The van der Waals surface area contributed by atoms with Crippen molar-refractivity contribution in [2.75, 3.05) is 12.4 Å². The Morgan fingerprint density at radius 3 is 2.70 bits per heavy atom. The van der Waals surface area contributed by atoms with E-state index in [0.29, 0.717) is 18.4 Å². The average molecular weight is 364 g/mol. The van der Waals surface area contributed by atoms with Crippen LogP contribution in [-0.2, 0) is 6.54 Å². The van der Waals surface area contributed by atoms with Gasteiger partial charge in [0.25, 0.3) is 0 Å². The van der Waals surface area contributed by atoms with Crippen LogP contribution in [-0.4, -0.2) is 28.1 Å². The second-order valence-corrected chi connectivity index (χ2v) is 6.46. The second kappa shape index (κ2) is 8.35. The lowest BCUT2D eigenvalue weighted by atomic mass is 10.0. The first kappa shape index (κ1) is 18.4. The molecule has 3 rings (SSSR count). The molecule has 27 heavy (non-hydrogen) atoms. The molecule has 0 unspecified atom stereocenters. The molecule has 0 aliphatic carbocycles. The third-order valence-corrected chi connectivity index (χ3v) is 4.11. The number of aromatic nitrogens is 3. The van der Waals surface area contributed by atoms with Gasteiger partial charge in [0.1, 0.15) is 11.4 Å². The Hall–Kier alpha value is -3.35. The van der Waals surface area contributed by atoms with Gasteiger partial charge in [-0.15, -0.1) is 5.10 Å². The van der Waals surface area contributed by atoms with Gasteiger partial charge in [-0.3, -0.25) is 0 Å². The molecule has 140 valence electrons. The van der Waals surface area contributed by atoms with Crippen molar-refractivity contribution in [1.29, 1.82) is 0 Å². The third kappa shape index (κ3) is 4.84. The predicted octanol–water partition coefficient (Wildman–Crippen LogP) is 3.33. The lowest BCUT2D eigenvalue weighted by Crippen LogP contribution is -2.22. The van der Waals surface area contributed by atoms with Gasteiger partial charge >= 0.3 is 0 Å². The van der Waals surface area contributed by atoms with Crippen molar-refractivity contribution < 1.29 is 4.74 Å². The normalized spacial score (nSPS) is 11.6. The van der Waals surface area contributed by atoms with Gasteiger partial charge in [-0.2, -0.15) is 0 Å². The Morgan fingerprint density at radius 2 is 2.00 bits per heavy atom. The number of hydrogen-bond acceptors (Lipinski definition) is 4. The zero-order valence-electron chi connectivity index (χ0n) is 15.8.